The minimum Gasteiger partial charge on any atom is -0.461 e. The van der Waals surface area contributed by atoms with E-state index in [-0.39, 0.29) is 5.97 Å². The van der Waals surface area contributed by atoms with E-state index in [1.165, 1.54) is 0 Å². The van der Waals surface area contributed by atoms with Crippen LogP contribution in [0.4, 0.5) is 0 Å². The summed E-state index contributed by atoms with van der Waals surface area (Å²) in [5.41, 5.74) is 4.07. The lowest BCUT2D eigenvalue weighted by Gasteiger charge is -2.20. The Hall–Kier alpha value is -2.29. The smallest absolute Gasteiger partial charge is 0.354 e. The Morgan fingerprint density at radius 1 is 1.47 bits per heavy atom. The van der Waals surface area contributed by atoms with Crippen LogP contribution in [0.2, 0.25) is 0 Å². The van der Waals surface area contributed by atoms with Crippen molar-refractivity contribution >= 4 is 23.8 Å². The summed E-state index contributed by atoms with van der Waals surface area (Å²) in [5, 5.41) is 2.98. The molecule has 2 rings (SSSR count). The number of carbonyl (C=O) groups excluding carboxylic acids is 1. The molecule has 1 aromatic carbocycles. The van der Waals surface area contributed by atoms with E-state index in [0.717, 1.165) is 23.1 Å². The first-order valence-electron chi connectivity index (χ1n) is 6.27. The highest BCUT2D eigenvalue weighted by atomic mass is 16.5. The molecular weight excluding hydrogens is 238 g/mol. The van der Waals surface area contributed by atoms with Crippen LogP contribution in [0.1, 0.15) is 30.0 Å². The maximum absolute atomic E-state index is 11.9. The summed E-state index contributed by atoms with van der Waals surface area (Å²) in [6.07, 6.45) is 4.36. The summed E-state index contributed by atoms with van der Waals surface area (Å²) in [6, 6.07) is 5.90. The van der Waals surface area contributed by atoms with Gasteiger partial charge in [-0.1, -0.05) is 38.3 Å². The first-order chi connectivity index (χ1) is 9.15. The van der Waals surface area contributed by atoms with Crippen LogP contribution >= 0.6 is 0 Å². The number of benzene rings is 1. The van der Waals surface area contributed by atoms with Gasteiger partial charge in [-0.05, 0) is 29.7 Å². The van der Waals surface area contributed by atoms with Crippen LogP contribution < -0.4 is 5.32 Å². The first kappa shape index (κ1) is 13.1. The van der Waals surface area contributed by atoms with E-state index in [0.29, 0.717) is 18.0 Å². The molecule has 19 heavy (non-hydrogen) atoms. The van der Waals surface area contributed by atoms with Crippen LogP contribution in [-0.2, 0) is 9.53 Å². The van der Waals surface area contributed by atoms with E-state index in [1.807, 2.05) is 25.1 Å². The molecule has 0 unspecified atom stereocenters. The highest BCUT2D eigenvalue weighted by molar-refractivity contribution is 5.98. The van der Waals surface area contributed by atoms with E-state index in [9.17, 15) is 4.79 Å². The molecular formula is C16H17NO2. The molecule has 1 aliphatic heterocycles. The molecule has 0 amide bonds. The lowest BCUT2D eigenvalue weighted by atomic mass is 9.98. The largest absolute Gasteiger partial charge is 0.461 e. The van der Waals surface area contributed by atoms with Gasteiger partial charge in [0, 0.05) is 11.3 Å². The lowest BCUT2D eigenvalue weighted by molar-refractivity contribution is -0.139. The van der Waals surface area contributed by atoms with E-state index < -0.39 is 0 Å². The molecule has 1 heterocycles. The fraction of sp³-hybridized carbons (Fsp3) is 0.188. The van der Waals surface area contributed by atoms with Crippen molar-refractivity contribution in [2.24, 2.45) is 0 Å². The van der Waals surface area contributed by atoms with Crippen molar-refractivity contribution in [2.45, 2.75) is 13.3 Å². The number of esters is 1. The summed E-state index contributed by atoms with van der Waals surface area (Å²) in [4.78, 5) is 11.9. The molecule has 0 fully saturated rings. The maximum atomic E-state index is 11.9. The van der Waals surface area contributed by atoms with E-state index in [2.05, 4.69) is 18.5 Å². The average Bonchev–Trinajstić information content (AvgIpc) is 2.43. The minimum atomic E-state index is -0.349. The molecule has 1 aliphatic rings. The fourth-order valence-electron chi connectivity index (χ4n) is 1.91. The molecule has 0 aromatic heterocycles. The fourth-order valence-corrected chi connectivity index (χ4v) is 1.91. The molecule has 0 atom stereocenters. The Labute approximate surface area is 113 Å². The van der Waals surface area contributed by atoms with Gasteiger partial charge in [0.2, 0.25) is 0 Å². The molecule has 0 aliphatic carbocycles. The predicted octanol–water partition coefficient (Wildman–Crippen LogP) is 3.20. The van der Waals surface area contributed by atoms with Gasteiger partial charge in [0.25, 0.3) is 0 Å². The SMILES string of the molecule is C=Cc1ccc2c(c1)C=C(C(=O)OCCC)NC2=C. The molecule has 1 aromatic rings. The zero-order chi connectivity index (χ0) is 13.8. The summed E-state index contributed by atoms with van der Waals surface area (Å²) >= 11 is 0. The topological polar surface area (TPSA) is 38.3 Å². The van der Waals surface area contributed by atoms with Gasteiger partial charge in [0.05, 0.1) is 6.61 Å². The second-order valence-corrected chi connectivity index (χ2v) is 4.35. The van der Waals surface area contributed by atoms with Crippen LogP contribution in [0, 0.1) is 0 Å². The molecule has 0 saturated heterocycles. The highest BCUT2D eigenvalue weighted by Gasteiger charge is 2.19. The summed E-state index contributed by atoms with van der Waals surface area (Å²) in [7, 11) is 0. The molecule has 3 heteroatoms. The molecule has 0 radical (unpaired) electrons. The van der Waals surface area contributed by atoms with Crippen LogP contribution in [0.15, 0.2) is 37.1 Å². The van der Waals surface area contributed by atoms with Crippen LogP contribution in [0.25, 0.3) is 17.8 Å². The number of nitrogens with one attached hydrogen (secondary N) is 1. The van der Waals surface area contributed by atoms with Crippen molar-refractivity contribution < 1.29 is 9.53 Å². The van der Waals surface area contributed by atoms with Gasteiger partial charge >= 0.3 is 5.97 Å². The number of hydrogen-bond acceptors (Lipinski definition) is 3. The lowest BCUT2D eigenvalue weighted by Crippen LogP contribution is -2.24. The monoisotopic (exact) mass is 255 g/mol. The predicted molar refractivity (Wildman–Crippen MR) is 77.9 cm³/mol. The highest BCUT2D eigenvalue weighted by Crippen LogP contribution is 2.26. The van der Waals surface area contributed by atoms with Gasteiger partial charge in [0.1, 0.15) is 5.70 Å². The quantitative estimate of drug-likeness (QED) is 0.840. The van der Waals surface area contributed by atoms with E-state index in [4.69, 9.17) is 4.74 Å². The third kappa shape index (κ3) is 2.76. The second kappa shape index (κ2) is 5.57. The number of rotatable bonds is 4. The average molecular weight is 255 g/mol. The van der Waals surface area contributed by atoms with Gasteiger partial charge in [-0.2, -0.15) is 0 Å². The van der Waals surface area contributed by atoms with Gasteiger partial charge in [-0.3, -0.25) is 0 Å². The number of hydrogen-bond donors (Lipinski definition) is 1. The van der Waals surface area contributed by atoms with Crippen molar-refractivity contribution in [2.75, 3.05) is 6.61 Å². The molecule has 0 spiro atoms. The first-order valence-corrected chi connectivity index (χ1v) is 6.27. The maximum Gasteiger partial charge on any atom is 0.354 e. The number of ether oxygens (including phenoxy) is 1. The molecule has 98 valence electrons. The normalized spacial score (nSPS) is 13.1. The number of fused-ring (bicyclic) bond motifs is 1. The third-order valence-electron chi connectivity index (χ3n) is 2.88. The van der Waals surface area contributed by atoms with Gasteiger partial charge < -0.3 is 10.1 Å². The zero-order valence-corrected chi connectivity index (χ0v) is 11.0. The molecule has 0 bridgehead atoms. The van der Waals surface area contributed by atoms with Crippen LogP contribution in [-0.4, -0.2) is 12.6 Å². The van der Waals surface area contributed by atoms with Crippen molar-refractivity contribution in [1.82, 2.24) is 5.32 Å². The number of carbonyl (C=O) groups is 1. The van der Waals surface area contributed by atoms with Crippen LogP contribution in [0.3, 0.4) is 0 Å². The van der Waals surface area contributed by atoms with Crippen molar-refractivity contribution in [3.63, 3.8) is 0 Å². The Kier molecular flexibility index (Phi) is 3.85. The summed E-state index contributed by atoms with van der Waals surface area (Å²) in [6.45, 7) is 10.1. The van der Waals surface area contributed by atoms with Crippen molar-refractivity contribution in [1.29, 1.82) is 0 Å². The molecule has 0 saturated carbocycles. The zero-order valence-electron chi connectivity index (χ0n) is 11.0. The third-order valence-corrected chi connectivity index (χ3v) is 2.88. The van der Waals surface area contributed by atoms with Crippen LogP contribution in [0.5, 0.6) is 0 Å². The van der Waals surface area contributed by atoms with Crippen molar-refractivity contribution in [3.8, 4) is 0 Å². The van der Waals surface area contributed by atoms with E-state index in [1.54, 1.807) is 12.2 Å². The van der Waals surface area contributed by atoms with Gasteiger partial charge in [-0.25, -0.2) is 4.79 Å². The minimum absolute atomic E-state index is 0.349. The summed E-state index contributed by atoms with van der Waals surface area (Å²) < 4.78 is 5.12. The second-order valence-electron chi connectivity index (χ2n) is 4.35. The summed E-state index contributed by atoms with van der Waals surface area (Å²) in [5.74, 6) is -0.349. The molecule has 3 nitrogen and oxygen atoms in total. The standard InChI is InChI=1S/C16H17NO2/c1-4-8-19-16(18)15-10-13-9-12(5-2)6-7-14(13)11(3)17-15/h5-7,9-10,17H,2-4,8H2,1H3. The Morgan fingerprint density at radius 2 is 2.26 bits per heavy atom. The Morgan fingerprint density at radius 3 is 2.95 bits per heavy atom. The Balaban J connectivity index is 2.33. The van der Waals surface area contributed by atoms with E-state index >= 15 is 0 Å². The van der Waals surface area contributed by atoms with Gasteiger partial charge in [-0.15, -0.1) is 0 Å². The van der Waals surface area contributed by atoms with Crippen molar-refractivity contribution in [3.05, 3.63) is 53.7 Å². The molecule has 1 N–H and O–H groups in total. The Bertz CT molecular complexity index is 570. The van der Waals surface area contributed by atoms with Gasteiger partial charge in [0.15, 0.2) is 0 Å².